The van der Waals surface area contributed by atoms with Gasteiger partial charge in [0.25, 0.3) is 0 Å². The molecule has 1 aliphatic heterocycles. The molecule has 0 aromatic rings. The highest BCUT2D eigenvalue weighted by atomic mass is 16.5. The van der Waals surface area contributed by atoms with Crippen LogP contribution in [0.5, 0.6) is 0 Å². The highest BCUT2D eigenvalue weighted by Gasteiger charge is 2.38. The number of hydrogen-bond acceptors (Lipinski definition) is 5. The number of rotatable bonds is 3. The average Bonchev–Trinajstić information content (AvgIpc) is 2.24. The molecule has 0 aliphatic carbocycles. The normalized spacial score (nSPS) is 33.9. The van der Waals surface area contributed by atoms with Crippen molar-refractivity contribution in [3.8, 4) is 0 Å². The zero-order chi connectivity index (χ0) is 12.1. The number of aliphatic hydroxyl groups excluding tert-OH is 2. The molecular weight excluding hydrogens is 216 g/mol. The van der Waals surface area contributed by atoms with Crippen LogP contribution in [0.25, 0.3) is 10.4 Å². The summed E-state index contributed by atoms with van der Waals surface area (Å²) in [6.07, 6.45) is -1.80. The summed E-state index contributed by atoms with van der Waals surface area (Å²) in [6, 6.07) is -1.53. The smallest absolute Gasteiger partial charge is 0.217 e. The maximum absolute atomic E-state index is 10.8. The molecule has 1 fully saturated rings. The maximum atomic E-state index is 10.8. The fraction of sp³-hybridized carbons (Fsp3) is 0.875. The van der Waals surface area contributed by atoms with Crippen molar-refractivity contribution in [1.29, 1.82) is 0 Å². The van der Waals surface area contributed by atoms with Crippen molar-refractivity contribution in [2.24, 2.45) is 5.11 Å². The lowest BCUT2D eigenvalue weighted by Gasteiger charge is -2.37. The SMILES string of the molecule is CC(=O)NC1COC(CO)C(N=[N+]=[N-])C1O. The van der Waals surface area contributed by atoms with Gasteiger partial charge in [0.1, 0.15) is 0 Å². The molecule has 1 rings (SSSR count). The first-order valence-electron chi connectivity index (χ1n) is 4.82. The van der Waals surface area contributed by atoms with Gasteiger partial charge in [0, 0.05) is 11.8 Å². The predicted octanol–water partition coefficient (Wildman–Crippen LogP) is -1.08. The second-order valence-electron chi connectivity index (χ2n) is 3.55. The van der Waals surface area contributed by atoms with Gasteiger partial charge in [-0.3, -0.25) is 4.79 Å². The molecule has 90 valence electrons. The topological polar surface area (TPSA) is 128 Å². The molecule has 8 heteroatoms. The lowest BCUT2D eigenvalue weighted by atomic mass is 9.96. The summed E-state index contributed by atoms with van der Waals surface area (Å²) in [6.45, 7) is 1.03. The van der Waals surface area contributed by atoms with Crippen molar-refractivity contribution in [1.82, 2.24) is 5.32 Å². The van der Waals surface area contributed by atoms with Crippen molar-refractivity contribution in [2.45, 2.75) is 31.2 Å². The van der Waals surface area contributed by atoms with Crippen molar-refractivity contribution in [3.63, 3.8) is 0 Å². The van der Waals surface area contributed by atoms with Crippen molar-refractivity contribution in [2.75, 3.05) is 13.2 Å². The molecule has 1 saturated heterocycles. The fourth-order valence-electron chi connectivity index (χ4n) is 1.63. The standard InChI is InChI=1S/C8H14N4O4/c1-4(14)10-5-3-16-6(2-13)7(8(5)15)11-12-9/h5-8,13,15H,2-3H2,1H3,(H,10,14). The number of nitrogens with one attached hydrogen (secondary N) is 1. The molecule has 0 aromatic heterocycles. The first-order valence-corrected chi connectivity index (χ1v) is 4.82. The number of ether oxygens (including phenoxy) is 1. The van der Waals surface area contributed by atoms with Gasteiger partial charge < -0.3 is 20.3 Å². The van der Waals surface area contributed by atoms with Gasteiger partial charge in [-0.1, -0.05) is 5.11 Å². The molecule has 16 heavy (non-hydrogen) atoms. The molecule has 1 aliphatic rings. The van der Waals surface area contributed by atoms with Gasteiger partial charge in [-0.15, -0.1) is 0 Å². The molecule has 1 heterocycles. The van der Waals surface area contributed by atoms with Crippen LogP contribution in [0.4, 0.5) is 0 Å². The van der Waals surface area contributed by atoms with Gasteiger partial charge in [-0.05, 0) is 5.53 Å². The number of azide groups is 1. The third-order valence-electron chi connectivity index (χ3n) is 2.39. The Labute approximate surface area is 91.8 Å². The predicted molar refractivity (Wildman–Crippen MR) is 53.4 cm³/mol. The molecule has 8 nitrogen and oxygen atoms in total. The Morgan fingerprint density at radius 2 is 2.44 bits per heavy atom. The fourth-order valence-corrected chi connectivity index (χ4v) is 1.63. The van der Waals surface area contributed by atoms with E-state index in [0.29, 0.717) is 0 Å². The average molecular weight is 230 g/mol. The quantitative estimate of drug-likeness (QED) is 0.323. The lowest BCUT2D eigenvalue weighted by molar-refractivity contribution is -0.128. The molecule has 0 radical (unpaired) electrons. The summed E-state index contributed by atoms with van der Waals surface area (Å²) in [5.41, 5.74) is 8.34. The van der Waals surface area contributed by atoms with Crippen LogP contribution < -0.4 is 5.32 Å². The van der Waals surface area contributed by atoms with E-state index in [4.69, 9.17) is 15.4 Å². The van der Waals surface area contributed by atoms with Crippen LogP contribution in [-0.2, 0) is 9.53 Å². The Hall–Kier alpha value is -1.34. The van der Waals surface area contributed by atoms with Crippen molar-refractivity contribution >= 4 is 5.91 Å². The zero-order valence-electron chi connectivity index (χ0n) is 8.78. The minimum atomic E-state index is -1.06. The van der Waals surface area contributed by atoms with E-state index in [0.717, 1.165) is 0 Å². The maximum Gasteiger partial charge on any atom is 0.217 e. The molecule has 3 N–H and O–H groups in total. The Kier molecular flexibility index (Phi) is 4.51. The molecule has 0 bridgehead atoms. The van der Waals surface area contributed by atoms with E-state index in [1.165, 1.54) is 6.92 Å². The van der Waals surface area contributed by atoms with E-state index in [2.05, 4.69) is 15.3 Å². The molecule has 0 saturated carbocycles. The van der Waals surface area contributed by atoms with Gasteiger partial charge in [0.15, 0.2) is 0 Å². The number of hydrogen-bond donors (Lipinski definition) is 3. The van der Waals surface area contributed by atoms with Gasteiger partial charge in [-0.25, -0.2) is 0 Å². The summed E-state index contributed by atoms with van der Waals surface area (Å²) in [5.74, 6) is -0.310. The third-order valence-corrected chi connectivity index (χ3v) is 2.39. The Morgan fingerprint density at radius 1 is 1.75 bits per heavy atom. The van der Waals surface area contributed by atoms with Gasteiger partial charge in [0.05, 0.1) is 37.5 Å². The summed E-state index contributed by atoms with van der Waals surface area (Å²) in [4.78, 5) is 13.4. The van der Waals surface area contributed by atoms with Crippen molar-refractivity contribution < 1.29 is 19.7 Å². The number of carbonyl (C=O) groups excluding carboxylic acids is 1. The minimum Gasteiger partial charge on any atom is -0.394 e. The first kappa shape index (κ1) is 12.7. The third kappa shape index (κ3) is 2.83. The summed E-state index contributed by atoms with van der Waals surface area (Å²) in [7, 11) is 0. The van der Waals surface area contributed by atoms with Crippen LogP contribution in [0.15, 0.2) is 5.11 Å². The van der Waals surface area contributed by atoms with Crippen LogP contribution in [0.1, 0.15) is 6.92 Å². The number of amides is 1. The molecule has 0 aromatic carbocycles. The Morgan fingerprint density at radius 3 is 2.94 bits per heavy atom. The van der Waals surface area contributed by atoms with Gasteiger partial charge in [0.2, 0.25) is 5.91 Å². The monoisotopic (exact) mass is 230 g/mol. The van der Waals surface area contributed by atoms with E-state index in [1.54, 1.807) is 0 Å². The molecule has 4 unspecified atom stereocenters. The van der Waals surface area contributed by atoms with E-state index in [-0.39, 0.29) is 19.1 Å². The summed E-state index contributed by atoms with van der Waals surface area (Å²) >= 11 is 0. The Bertz CT molecular complexity index is 304. The van der Waals surface area contributed by atoms with Crippen LogP contribution >= 0.6 is 0 Å². The van der Waals surface area contributed by atoms with Crippen molar-refractivity contribution in [3.05, 3.63) is 10.4 Å². The van der Waals surface area contributed by atoms with E-state index < -0.39 is 24.3 Å². The highest BCUT2D eigenvalue weighted by Crippen LogP contribution is 2.18. The molecule has 0 spiro atoms. The van der Waals surface area contributed by atoms with Crippen LogP contribution in [0.2, 0.25) is 0 Å². The minimum absolute atomic E-state index is 0.0728. The lowest BCUT2D eigenvalue weighted by Crippen LogP contribution is -2.59. The highest BCUT2D eigenvalue weighted by molar-refractivity contribution is 5.73. The summed E-state index contributed by atoms with van der Waals surface area (Å²) in [5, 5.41) is 24.7. The van der Waals surface area contributed by atoms with Crippen LogP contribution in [0, 0.1) is 0 Å². The Balaban J connectivity index is 2.75. The van der Waals surface area contributed by atoms with Crippen LogP contribution in [-0.4, -0.2) is 53.6 Å². The zero-order valence-corrected chi connectivity index (χ0v) is 8.78. The second kappa shape index (κ2) is 5.66. The number of aliphatic hydroxyl groups is 2. The largest absolute Gasteiger partial charge is 0.394 e. The first-order chi connectivity index (χ1) is 7.60. The molecular formula is C8H14N4O4. The molecule has 4 atom stereocenters. The van der Waals surface area contributed by atoms with Crippen LogP contribution in [0.3, 0.4) is 0 Å². The van der Waals surface area contributed by atoms with E-state index in [9.17, 15) is 9.90 Å². The van der Waals surface area contributed by atoms with E-state index in [1.807, 2.05) is 0 Å². The van der Waals surface area contributed by atoms with Gasteiger partial charge >= 0.3 is 0 Å². The second-order valence-corrected chi connectivity index (χ2v) is 3.55. The number of nitrogens with zero attached hydrogens (tertiary/aromatic N) is 3. The summed E-state index contributed by atoms with van der Waals surface area (Å²) < 4.78 is 5.19. The molecule has 1 amide bonds. The van der Waals surface area contributed by atoms with E-state index >= 15 is 0 Å². The number of carbonyl (C=O) groups is 1. The van der Waals surface area contributed by atoms with Gasteiger partial charge in [-0.2, -0.15) is 0 Å².